The molecule has 0 saturated carbocycles. The summed E-state index contributed by atoms with van der Waals surface area (Å²) in [6.45, 7) is 7.24. The highest BCUT2D eigenvalue weighted by molar-refractivity contribution is 9.10. The Morgan fingerprint density at radius 2 is 1.46 bits per heavy atom. The minimum absolute atomic E-state index is 0.0268. The number of rotatable bonds is 13. The van der Waals surface area contributed by atoms with Crippen LogP contribution in [0.15, 0.2) is 119 Å². The van der Waals surface area contributed by atoms with E-state index in [0.717, 1.165) is 19.9 Å². The van der Waals surface area contributed by atoms with Crippen molar-refractivity contribution in [2.24, 2.45) is 0 Å². The lowest BCUT2D eigenvalue weighted by Crippen LogP contribution is -2.56. The molecular formula is C36H40BrN3O5S. The lowest BCUT2D eigenvalue weighted by atomic mass is 10.0. The second-order valence-electron chi connectivity index (χ2n) is 11.8. The number of nitrogens with one attached hydrogen (secondary N) is 1. The first-order valence-electron chi connectivity index (χ1n) is 15.1. The van der Waals surface area contributed by atoms with Crippen LogP contribution in [0.3, 0.4) is 0 Å². The fourth-order valence-electron chi connectivity index (χ4n) is 5.01. The Balaban J connectivity index is 1.85. The van der Waals surface area contributed by atoms with Gasteiger partial charge in [-0.05, 0) is 75.2 Å². The number of sulfonamides is 1. The zero-order valence-corrected chi connectivity index (χ0v) is 28.9. The summed E-state index contributed by atoms with van der Waals surface area (Å²) in [5.41, 5.74) is 1.29. The van der Waals surface area contributed by atoms with E-state index in [2.05, 4.69) is 21.2 Å². The molecule has 0 aliphatic carbocycles. The average Bonchev–Trinajstić information content (AvgIpc) is 3.02. The van der Waals surface area contributed by atoms with Crippen molar-refractivity contribution in [1.82, 2.24) is 10.2 Å². The number of ether oxygens (including phenoxy) is 1. The summed E-state index contributed by atoms with van der Waals surface area (Å²) in [6, 6.07) is 30.7. The Hall–Kier alpha value is -4.15. The number of carbonyl (C=O) groups excluding carboxylic acids is 2. The zero-order chi connectivity index (χ0) is 33.3. The van der Waals surface area contributed by atoms with Crippen LogP contribution in [-0.2, 0) is 32.6 Å². The summed E-state index contributed by atoms with van der Waals surface area (Å²) in [6.07, 6.45) is 0.226. The fraction of sp³-hybridized carbons (Fsp3) is 0.278. The number of anilines is 1. The van der Waals surface area contributed by atoms with Crippen molar-refractivity contribution in [1.29, 1.82) is 0 Å². The Morgan fingerprint density at radius 3 is 2.09 bits per heavy atom. The van der Waals surface area contributed by atoms with Gasteiger partial charge < -0.3 is 15.0 Å². The van der Waals surface area contributed by atoms with E-state index in [1.165, 1.54) is 17.0 Å². The second-order valence-corrected chi connectivity index (χ2v) is 14.6. The molecule has 0 spiro atoms. The van der Waals surface area contributed by atoms with Gasteiger partial charge in [-0.2, -0.15) is 0 Å². The van der Waals surface area contributed by atoms with Gasteiger partial charge in [0, 0.05) is 23.0 Å². The van der Waals surface area contributed by atoms with E-state index in [4.69, 9.17) is 4.74 Å². The number of halogens is 1. The molecule has 2 amide bonds. The summed E-state index contributed by atoms with van der Waals surface area (Å²) in [5.74, 6) is -0.565. The highest BCUT2D eigenvalue weighted by atomic mass is 79.9. The maximum absolute atomic E-state index is 14.7. The third kappa shape index (κ3) is 9.20. The molecule has 0 bridgehead atoms. The number of hydrogen-bond acceptors (Lipinski definition) is 5. The van der Waals surface area contributed by atoms with Crippen LogP contribution in [0, 0.1) is 0 Å². The van der Waals surface area contributed by atoms with E-state index in [0.29, 0.717) is 12.4 Å². The van der Waals surface area contributed by atoms with Gasteiger partial charge in [-0.3, -0.25) is 13.9 Å². The number of para-hydroxylation sites is 2. The molecule has 1 N–H and O–H groups in total. The predicted octanol–water partition coefficient (Wildman–Crippen LogP) is 6.60. The Labute approximate surface area is 280 Å². The SMILES string of the molecule is CCOc1ccccc1N(CC(=O)N(Cc1cccc(Br)c1)C(Cc1ccccc1)C(=O)NC(C)(C)C)S(=O)(=O)c1ccccc1. The summed E-state index contributed by atoms with van der Waals surface area (Å²) in [4.78, 5) is 30.2. The molecule has 46 heavy (non-hydrogen) atoms. The van der Waals surface area contributed by atoms with Gasteiger partial charge in [-0.25, -0.2) is 8.42 Å². The number of amides is 2. The van der Waals surface area contributed by atoms with Crippen molar-refractivity contribution >= 4 is 43.5 Å². The van der Waals surface area contributed by atoms with Crippen LogP contribution in [0.25, 0.3) is 0 Å². The fourth-order valence-corrected chi connectivity index (χ4v) is 6.91. The molecule has 1 unspecified atom stereocenters. The van der Waals surface area contributed by atoms with Crippen LogP contribution >= 0.6 is 15.9 Å². The summed E-state index contributed by atoms with van der Waals surface area (Å²) in [5, 5.41) is 3.05. The van der Waals surface area contributed by atoms with Crippen molar-refractivity contribution < 1.29 is 22.7 Å². The zero-order valence-electron chi connectivity index (χ0n) is 26.5. The normalized spacial score (nSPS) is 12.2. The molecule has 0 heterocycles. The number of nitrogens with zero attached hydrogens (tertiary/aromatic N) is 2. The van der Waals surface area contributed by atoms with Crippen molar-refractivity contribution in [3.05, 3.63) is 125 Å². The van der Waals surface area contributed by atoms with Crippen molar-refractivity contribution in [2.45, 2.75) is 57.1 Å². The van der Waals surface area contributed by atoms with Crippen LogP contribution in [0.2, 0.25) is 0 Å². The van der Waals surface area contributed by atoms with Gasteiger partial charge >= 0.3 is 0 Å². The molecule has 8 nitrogen and oxygen atoms in total. The molecule has 0 aliphatic rings. The quantitative estimate of drug-likeness (QED) is 0.169. The minimum Gasteiger partial charge on any atom is -0.492 e. The molecule has 4 aromatic carbocycles. The third-order valence-corrected chi connectivity index (χ3v) is 9.32. The van der Waals surface area contributed by atoms with E-state index in [9.17, 15) is 18.0 Å². The van der Waals surface area contributed by atoms with Crippen LogP contribution in [0.5, 0.6) is 5.75 Å². The van der Waals surface area contributed by atoms with E-state index in [1.807, 2.05) is 75.4 Å². The van der Waals surface area contributed by atoms with E-state index in [-0.39, 0.29) is 29.5 Å². The summed E-state index contributed by atoms with van der Waals surface area (Å²) in [7, 11) is -4.24. The standard InChI is InChI=1S/C36H40BrN3O5S/c1-5-45-33-22-13-12-21-31(33)40(46(43,44)30-19-10-7-11-20-30)26-34(41)39(25-28-17-14-18-29(37)23-28)32(35(42)38-36(2,3)4)24-27-15-8-6-9-16-27/h6-23,32H,5,24-26H2,1-4H3,(H,38,42). The Kier molecular flexibility index (Phi) is 11.6. The first-order chi connectivity index (χ1) is 21.9. The van der Waals surface area contributed by atoms with Gasteiger partial charge in [0.25, 0.3) is 10.0 Å². The monoisotopic (exact) mass is 705 g/mol. The van der Waals surface area contributed by atoms with Crippen molar-refractivity contribution in [3.63, 3.8) is 0 Å². The predicted molar refractivity (Wildman–Crippen MR) is 185 cm³/mol. The highest BCUT2D eigenvalue weighted by Gasteiger charge is 2.36. The van der Waals surface area contributed by atoms with E-state index in [1.54, 1.807) is 49.4 Å². The van der Waals surface area contributed by atoms with Crippen molar-refractivity contribution in [3.8, 4) is 5.75 Å². The molecule has 0 aliphatic heterocycles. The topological polar surface area (TPSA) is 96.0 Å². The van der Waals surface area contributed by atoms with E-state index >= 15 is 0 Å². The molecule has 242 valence electrons. The minimum atomic E-state index is -4.24. The van der Waals surface area contributed by atoms with Crippen molar-refractivity contribution in [2.75, 3.05) is 17.5 Å². The molecule has 0 fully saturated rings. The van der Waals surface area contributed by atoms with E-state index < -0.39 is 34.1 Å². The smallest absolute Gasteiger partial charge is 0.264 e. The van der Waals surface area contributed by atoms with Gasteiger partial charge in [0.05, 0.1) is 17.2 Å². The second kappa shape index (κ2) is 15.4. The van der Waals surface area contributed by atoms with Crippen LogP contribution in [0.1, 0.15) is 38.8 Å². The molecule has 4 rings (SSSR count). The van der Waals surface area contributed by atoms with Gasteiger partial charge in [0.15, 0.2) is 0 Å². The first-order valence-corrected chi connectivity index (χ1v) is 17.3. The lowest BCUT2D eigenvalue weighted by Gasteiger charge is -2.35. The van der Waals surface area contributed by atoms with Crippen LogP contribution in [-0.4, -0.2) is 49.9 Å². The summed E-state index contributed by atoms with van der Waals surface area (Å²) >= 11 is 3.51. The van der Waals surface area contributed by atoms with Gasteiger partial charge in [0.2, 0.25) is 11.8 Å². The number of hydrogen-bond donors (Lipinski definition) is 1. The molecule has 1 atom stereocenters. The lowest BCUT2D eigenvalue weighted by molar-refractivity contribution is -0.140. The van der Waals surface area contributed by atoms with Gasteiger partial charge in [-0.1, -0.05) is 88.7 Å². The first kappa shape index (κ1) is 34.7. The molecule has 10 heteroatoms. The summed E-state index contributed by atoms with van der Waals surface area (Å²) < 4.78 is 36.2. The Morgan fingerprint density at radius 1 is 0.848 bits per heavy atom. The molecule has 4 aromatic rings. The third-order valence-electron chi connectivity index (χ3n) is 7.06. The maximum atomic E-state index is 14.7. The van der Waals surface area contributed by atoms with Crippen LogP contribution < -0.4 is 14.4 Å². The van der Waals surface area contributed by atoms with Gasteiger partial charge in [-0.15, -0.1) is 0 Å². The maximum Gasteiger partial charge on any atom is 0.264 e. The number of carbonyl (C=O) groups is 2. The van der Waals surface area contributed by atoms with Gasteiger partial charge in [0.1, 0.15) is 18.3 Å². The molecule has 0 saturated heterocycles. The Bertz CT molecular complexity index is 1730. The largest absolute Gasteiger partial charge is 0.492 e. The van der Waals surface area contributed by atoms with Crippen LogP contribution in [0.4, 0.5) is 5.69 Å². The number of benzene rings is 4. The molecule has 0 radical (unpaired) electrons. The highest BCUT2D eigenvalue weighted by Crippen LogP contribution is 2.33. The molecule has 0 aromatic heterocycles. The molecular weight excluding hydrogens is 666 g/mol. The average molecular weight is 707 g/mol.